The zero-order valence-corrected chi connectivity index (χ0v) is 19.1. The third-order valence-corrected chi connectivity index (χ3v) is 6.14. The lowest BCUT2D eigenvalue weighted by molar-refractivity contribution is -0.113. The fraction of sp³-hybridized carbons (Fsp3) is 0.154. The zero-order valence-electron chi connectivity index (χ0n) is 18.3. The van der Waals surface area contributed by atoms with Crippen LogP contribution in [0.4, 0.5) is 5.69 Å². The molecular formula is C26H22N4O2S. The molecule has 0 unspecified atom stereocenters. The van der Waals surface area contributed by atoms with E-state index in [1.165, 1.54) is 11.8 Å². The Morgan fingerprint density at radius 3 is 2.55 bits per heavy atom. The third kappa shape index (κ3) is 4.66. The number of thioether (sulfide) groups is 1. The maximum absolute atomic E-state index is 13.5. The fourth-order valence-corrected chi connectivity index (χ4v) is 4.41. The van der Waals surface area contributed by atoms with Crippen LogP contribution >= 0.6 is 11.8 Å². The number of amides is 1. The normalized spacial score (nSPS) is 10.8. The lowest BCUT2D eigenvalue weighted by Crippen LogP contribution is -2.24. The number of nitrogens with one attached hydrogen (secondary N) is 1. The summed E-state index contributed by atoms with van der Waals surface area (Å²) in [5.74, 6) is -0.0500. The Morgan fingerprint density at radius 2 is 1.76 bits per heavy atom. The van der Waals surface area contributed by atoms with E-state index in [9.17, 15) is 14.9 Å². The Kier molecular flexibility index (Phi) is 6.57. The summed E-state index contributed by atoms with van der Waals surface area (Å²) in [6.07, 6.45) is 0. The molecule has 33 heavy (non-hydrogen) atoms. The van der Waals surface area contributed by atoms with Crippen molar-refractivity contribution in [2.75, 3.05) is 11.1 Å². The average Bonchev–Trinajstić information content (AvgIpc) is 2.83. The van der Waals surface area contributed by atoms with Crippen LogP contribution in [0.1, 0.15) is 30.9 Å². The highest BCUT2D eigenvalue weighted by atomic mass is 32.2. The highest BCUT2D eigenvalue weighted by Gasteiger charge is 2.18. The number of carbonyl (C=O) groups excluding carboxylic acids is 1. The van der Waals surface area contributed by atoms with Crippen LogP contribution in [-0.2, 0) is 4.79 Å². The van der Waals surface area contributed by atoms with E-state index in [0.717, 1.165) is 11.3 Å². The minimum absolute atomic E-state index is 0.0361. The first kappa shape index (κ1) is 22.3. The molecule has 1 N–H and O–H groups in total. The molecule has 1 aromatic heterocycles. The van der Waals surface area contributed by atoms with Gasteiger partial charge in [-0.3, -0.25) is 14.2 Å². The average molecular weight is 455 g/mol. The van der Waals surface area contributed by atoms with Crippen molar-refractivity contribution in [3.05, 3.63) is 94.3 Å². The molecule has 7 heteroatoms. The lowest BCUT2D eigenvalue weighted by atomic mass is 10.0. The molecule has 0 radical (unpaired) electrons. The SMILES string of the molecule is CC(C)c1ccccc1-n1c(SCC(=O)Nc2ccccc2C#N)nc2ccccc2c1=O. The second-order valence-corrected chi connectivity index (χ2v) is 8.70. The largest absolute Gasteiger partial charge is 0.324 e. The molecule has 0 aliphatic rings. The number of hydrogen-bond donors (Lipinski definition) is 1. The lowest BCUT2D eigenvalue weighted by Gasteiger charge is -2.18. The van der Waals surface area contributed by atoms with Crippen molar-refractivity contribution in [3.8, 4) is 11.8 Å². The Balaban J connectivity index is 1.73. The van der Waals surface area contributed by atoms with E-state index in [1.54, 1.807) is 41.0 Å². The van der Waals surface area contributed by atoms with Crippen LogP contribution in [0.5, 0.6) is 0 Å². The van der Waals surface area contributed by atoms with Crippen LogP contribution in [0.15, 0.2) is 82.7 Å². The van der Waals surface area contributed by atoms with E-state index < -0.39 is 0 Å². The number of hydrogen-bond acceptors (Lipinski definition) is 5. The maximum Gasteiger partial charge on any atom is 0.266 e. The molecular weight excluding hydrogens is 432 g/mol. The predicted molar refractivity (Wildman–Crippen MR) is 132 cm³/mol. The summed E-state index contributed by atoms with van der Waals surface area (Å²) in [5, 5.41) is 13.0. The minimum atomic E-state index is -0.284. The van der Waals surface area contributed by atoms with Crippen LogP contribution in [0, 0.1) is 11.3 Å². The topological polar surface area (TPSA) is 87.8 Å². The number of benzene rings is 3. The Labute approximate surface area is 195 Å². The molecule has 0 bridgehead atoms. The molecule has 6 nitrogen and oxygen atoms in total. The number of carbonyl (C=O) groups is 1. The molecule has 0 spiro atoms. The summed E-state index contributed by atoms with van der Waals surface area (Å²) in [6, 6.07) is 23.9. The van der Waals surface area contributed by atoms with Crippen molar-refractivity contribution in [1.82, 2.24) is 9.55 Å². The highest BCUT2D eigenvalue weighted by molar-refractivity contribution is 7.99. The summed E-state index contributed by atoms with van der Waals surface area (Å²) in [7, 11) is 0. The number of anilines is 1. The number of rotatable bonds is 6. The van der Waals surface area contributed by atoms with E-state index in [-0.39, 0.29) is 23.1 Å². The van der Waals surface area contributed by atoms with Gasteiger partial charge in [0.1, 0.15) is 6.07 Å². The first-order valence-electron chi connectivity index (χ1n) is 10.5. The number of nitriles is 1. The number of para-hydroxylation sites is 3. The van der Waals surface area contributed by atoms with Crippen LogP contribution in [0.3, 0.4) is 0 Å². The van der Waals surface area contributed by atoms with Crippen molar-refractivity contribution < 1.29 is 4.79 Å². The minimum Gasteiger partial charge on any atom is -0.324 e. The summed E-state index contributed by atoms with van der Waals surface area (Å²) < 4.78 is 1.60. The van der Waals surface area contributed by atoms with Crippen molar-refractivity contribution >= 4 is 34.3 Å². The van der Waals surface area contributed by atoms with Crippen LogP contribution in [0.2, 0.25) is 0 Å². The highest BCUT2D eigenvalue weighted by Crippen LogP contribution is 2.27. The van der Waals surface area contributed by atoms with Gasteiger partial charge in [0.15, 0.2) is 5.16 Å². The Bertz CT molecular complexity index is 1440. The fourth-order valence-electron chi connectivity index (χ4n) is 3.61. The zero-order chi connectivity index (χ0) is 23.4. The Morgan fingerprint density at radius 1 is 1.06 bits per heavy atom. The second kappa shape index (κ2) is 9.72. The van der Waals surface area contributed by atoms with Gasteiger partial charge in [-0.2, -0.15) is 5.26 Å². The van der Waals surface area contributed by atoms with Crippen molar-refractivity contribution in [3.63, 3.8) is 0 Å². The smallest absolute Gasteiger partial charge is 0.266 e. The predicted octanol–water partition coefficient (Wildman–Crippen LogP) is 5.11. The summed E-state index contributed by atoms with van der Waals surface area (Å²) in [6.45, 7) is 4.15. The second-order valence-electron chi connectivity index (χ2n) is 7.76. The number of nitrogens with zero attached hydrogens (tertiary/aromatic N) is 3. The van der Waals surface area contributed by atoms with Gasteiger partial charge < -0.3 is 5.32 Å². The first-order valence-corrected chi connectivity index (χ1v) is 11.5. The van der Waals surface area contributed by atoms with Crippen LogP contribution in [-0.4, -0.2) is 21.2 Å². The van der Waals surface area contributed by atoms with Gasteiger partial charge in [0, 0.05) is 0 Å². The molecule has 1 amide bonds. The first-order chi connectivity index (χ1) is 16.0. The van der Waals surface area contributed by atoms with E-state index >= 15 is 0 Å². The molecule has 0 atom stereocenters. The summed E-state index contributed by atoms with van der Waals surface area (Å²) in [5.41, 5.74) is 3.03. The third-order valence-electron chi connectivity index (χ3n) is 5.20. The van der Waals surface area contributed by atoms with Gasteiger partial charge in [-0.25, -0.2) is 4.98 Å². The molecule has 164 valence electrons. The molecule has 0 saturated carbocycles. The van der Waals surface area contributed by atoms with Gasteiger partial charge in [-0.1, -0.05) is 68.1 Å². The quantitative estimate of drug-likeness (QED) is 0.323. The van der Waals surface area contributed by atoms with Crippen molar-refractivity contribution in [2.45, 2.75) is 24.9 Å². The molecule has 4 rings (SSSR count). The summed E-state index contributed by atoms with van der Waals surface area (Å²) in [4.78, 5) is 30.9. The number of aromatic nitrogens is 2. The molecule has 0 aliphatic heterocycles. The van der Waals surface area contributed by atoms with Crippen molar-refractivity contribution in [1.29, 1.82) is 5.26 Å². The monoisotopic (exact) mass is 454 g/mol. The number of fused-ring (bicyclic) bond motifs is 1. The van der Waals surface area contributed by atoms with Gasteiger partial charge in [0.2, 0.25) is 5.91 Å². The molecule has 1 heterocycles. The van der Waals surface area contributed by atoms with Gasteiger partial charge >= 0.3 is 0 Å². The van der Waals surface area contributed by atoms with Gasteiger partial charge in [0.05, 0.1) is 33.6 Å². The van der Waals surface area contributed by atoms with E-state index in [1.807, 2.05) is 36.4 Å². The van der Waals surface area contributed by atoms with Crippen LogP contribution in [0.25, 0.3) is 16.6 Å². The molecule has 0 aliphatic carbocycles. The van der Waals surface area contributed by atoms with E-state index in [4.69, 9.17) is 4.98 Å². The van der Waals surface area contributed by atoms with Crippen LogP contribution < -0.4 is 10.9 Å². The standard InChI is InChI=1S/C26H22N4O2S/c1-17(2)19-10-5-8-14-23(19)30-25(32)20-11-4-7-13-22(20)29-26(30)33-16-24(31)28-21-12-6-3-9-18(21)15-27/h3-14,17H,16H2,1-2H3,(H,28,31). The molecule has 4 aromatic rings. The van der Waals surface area contributed by atoms with Gasteiger partial charge in [-0.15, -0.1) is 0 Å². The molecule has 0 fully saturated rings. The van der Waals surface area contributed by atoms with Gasteiger partial charge in [-0.05, 0) is 41.8 Å². The van der Waals surface area contributed by atoms with E-state index in [2.05, 4.69) is 25.2 Å². The Hall–Kier alpha value is -3.89. The van der Waals surface area contributed by atoms with Gasteiger partial charge in [0.25, 0.3) is 5.56 Å². The van der Waals surface area contributed by atoms with E-state index in [0.29, 0.717) is 27.3 Å². The summed E-state index contributed by atoms with van der Waals surface area (Å²) >= 11 is 1.19. The van der Waals surface area contributed by atoms with Crippen molar-refractivity contribution in [2.24, 2.45) is 0 Å². The molecule has 0 saturated heterocycles. The maximum atomic E-state index is 13.5. The molecule has 3 aromatic carbocycles.